The van der Waals surface area contributed by atoms with E-state index in [1.165, 1.54) is 17.7 Å². The van der Waals surface area contributed by atoms with Crippen LogP contribution in [-0.2, 0) is 11.3 Å². The van der Waals surface area contributed by atoms with E-state index in [-0.39, 0.29) is 11.7 Å². The number of carbonyl (C=O) groups is 1. The van der Waals surface area contributed by atoms with Crippen molar-refractivity contribution in [3.8, 4) is 11.5 Å². The van der Waals surface area contributed by atoms with Crippen LogP contribution in [0.15, 0.2) is 41.1 Å². The summed E-state index contributed by atoms with van der Waals surface area (Å²) in [5.74, 6) is -0.144. The van der Waals surface area contributed by atoms with Crippen molar-refractivity contribution < 1.29 is 27.4 Å². The van der Waals surface area contributed by atoms with E-state index >= 15 is 0 Å². The maximum Gasteiger partial charge on any atom is 0.573 e. The molecule has 2 aromatic rings. The minimum absolute atomic E-state index is 0.127. The largest absolute Gasteiger partial charge is 0.573 e. The summed E-state index contributed by atoms with van der Waals surface area (Å²) in [5.41, 5.74) is 1.28. The Bertz CT molecular complexity index is 781. The zero-order chi connectivity index (χ0) is 20.9. The van der Waals surface area contributed by atoms with Gasteiger partial charge in [-0.15, -0.1) is 13.2 Å². The molecular formula is C20H23F3N2O3S. The highest BCUT2D eigenvalue weighted by molar-refractivity contribution is 7.07. The summed E-state index contributed by atoms with van der Waals surface area (Å²) in [5, 5.41) is 4.19. The third kappa shape index (κ3) is 6.64. The molecule has 0 N–H and O–H groups in total. The highest BCUT2D eigenvalue weighted by atomic mass is 32.1. The predicted octanol–water partition coefficient (Wildman–Crippen LogP) is 4.15. The molecule has 5 nitrogen and oxygen atoms in total. The zero-order valence-electron chi connectivity index (χ0n) is 16.0. The third-order valence-electron chi connectivity index (χ3n) is 4.60. The molecule has 0 bridgehead atoms. The summed E-state index contributed by atoms with van der Waals surface area (Å²) in [7, 11) is 0. The smallest absolute Gasteiger partial charge is 0.481 e. The number of amides is 1. The lowest BCUT2D eigenvalue weighted by atomic mass is 10.3. The van der Waals surface area contributed by atoms with E-state index in [0.29, 0.717) is 18.8 Å². The topological polar surface area (TPSA) is 42.0 Å². The Morgan fingerprint density at radius 3 is 2.48 bits per heavy atom. The Morgan fingerprint density at radius 2 is 1.83 bits per heavy atom. The number of alkyl halides is 3. The second kappa shape index (κ2) is 9.49. The number of nitrogens with zero attached hydrogens (tertiary/aromatic N) is 2. The lowest BCUT2D eigenvalue weighted by Gasteiger charge is -2.25. The molecule has 1 unspecified atom stereocenters. The van der Waals surface area contributed by atoms with Gasteiger partial charge in [-0.3, -0.25) is 9.69 Å². The van der Waals surface area contributed by atoms with Crippen molar-refractivity contribution in [2.75, 3.05) is 26.2 Å². The molecule has 1 aliphatic heterocycles. The van der Waals surface area contributed by atoms with Gasteiger partial charge in [-0.25, -0.2) is 0 Å². The highest BCUT2D eigenvalue weighted by Crippen LogP contribution is 2.25. The average molecular weight is 428 g/mol. The lowest BCUT2D eigenvalue weighted by Crippen LogP contribution is -2.42. The SMILES string of the molecule is CC(Oc1ccc(OC(F)(F)F)cc1)C(=O)N1CCCN(Cc2ccsc2)CC1. The van der Waals surface area contributed by atoms with Crippen molar-refractivity contribution in [3.05, 3.63) is 46.7 Å². The number of benzene rings is 1. The third-order valence-corrected chi connectivity index (χ3v) is 5.34. The van der Waals surface area contributed by atoms with Crippen molar-refractivity contribution in [3.63, 3.8) is 0 Å². The van der Waals surface area contributed by atoms with Crippen molar-refractivity contribution in [1.29, 1.82) is 0 Å². The molecular weight excluding hydrogens is 405 g/mol. The minimum Gasteiger partial charge on any atom is -0.481 e. The van der Waals surface area contributed by atoms with Crippen LogP contribution in [-0.4, -0.2) is 54.4 Å². The van der Waals surface area contributed by atoms with E-state index in [4.69, 9.17) is 4.74 Å². The van der Waals surface area contributed by atoms with Crippen LogP contribution in [0.3, 0.4) is 0 Å². The number of halogens is 3. The first-order valence-corrected chi connectivity index (χ1v) is 10.3. The first-order chi connectivity index (χ1) is 13.8. The van der Waals surface area contributed by atoms with E-state index in [0.717, 1.165) is 38.2 Å². The van der Waals surface area contributed by atoms with Crippen LogP contribution in [0.5, 0.6) is 11.5 Å². The van der Waals surface area contributed by atoms with E-state index < -0.39 is 12.5 Å². The Hall–Kier alpha value is -2.26. The summed E-state index contributed by atoms with van der Waals surface area (Å²) >= 11 is 1.68. The molecule has 1 aliphatic rings. The van der Waals surface area contributed by atoms with Crippen LogP contribution in [0.2, 0.25) is 0 Å². The molecule has 29 heavy (non-hydrogen) atoms. The van der Waals surface area contributed by atoms with Crippen LogP contribution < -0.4 is 9.47 Å². The molecule has 0 spiro atoms. The maximum atomic E-state index is 12.7. The fourth-order valence-corrected chi connectivity index (χ4v) is 3.88. The van der Waals surface area contributed by atoms with Gasteiger partial charge in [0.1, 0.15) is 11.5 Å². The molecule has 1 atom stereocenters. The standard InChI is InChI=1S/C20H23F3N2O3S/c1-15(27-17-3-5-18(6-4-17)28-20(21,22)23)19(26)25-9-2-8-24(10-11-25)13-16-7-12-29-14-16/h3-7,12,14-15H,2,8-11,13H2,1H3. The number of carbonyl (C=O) groups excluding carboxylic acids is 1. The molecule has 1 amide bonds. The van der Waals surface area contributed by atoms with E-state index in [2.05, 4.69) is 26.5 Å². The number of ether oxygens (including phenoxy) is 2. The second-order valence-electron chi connectivity index (χ2n) is 6.87. The van der Waals surface area contributed by atoms with E-state index in [9.17, 15) is 18.0 Å². The predicted molar refractivity (Wildman–Crippen MR) is 104 cm³/mol. The van der Waals surface area contributed by atoms with Crippen molar-refractivity contribution in [1.82, 2.24) is 9.80 Å². The fourth-order valence-electron chi connectivity index (χ4n) is 3.22. The molecule has 3 rings (SSSR count). The summed E-state index contributed by atoms with van der Waals surface area (Å²) in [4.78, 5) is 16.9. The first kappa shape index (κ1) is 21.4. The fraction of sp³-hybridized carbons (Fsp3) is 0.450. The van der Waals surface area contributed by atoms with Crippen LogP contribution in [0.1, 0.15) is 18.9 Å². The van der Waals surface area contributed by atoms with E-state index in [1.54, 1.807) is 23.2 Å². The quantitative estimate of drug-likeness (QED) is 0.693. The molecule has 1 saturated heterocycles. The number of rotatable bonds is 6. The van der Waals surface area contributed by atoms with Gasteiger partial charge in [0.25, 0.3) is 5.91 Å². The van der Waals surface area contributed by atoms with Crippen molar-refractivity contribution in [2.24, 2.45) is 0 Å². The molecule has 9 heteroatoms. The van der Waals surface area contributed by atoms with Crippen LogP contribution in [0, 0.1) is 0 Å². The average Bonchev–Trinajstić information content (AvgIpc) is 3.06. The van der Waals surface area contributed by atoms with E-state index in [1.807, 2.05) is 0 Å². The summed E-state index contributed by atoms with van der Waals surface area (Å²) in [6.45, 7) is 5.52. The Balaban J connectivity index is 1.50. The van der Waals surface area contributed by atoms with Gasteiger partial charge in [0, 0.05) is 32.7 Å². The highest BCUT2D eigenvalue weighted by Gasteiger charge is 2.31. The monoisotopic (exact) mass is 428 g/mol. The maximum absolute atomic E-state index is 12.7. The van der Waals surface area contributed by atoms with Gasteiger partial charge in [-0.2, -0.15) is 11.3 Å². The molecule has 0 aliphatic carbocycles. The van der Waals surface area contributed by atoms with Crippen molar-refractivity contribution in [2.45, 2.75) is 32.4 Å². The van der Waals surface area contributed by atoms with Gasteiger partial charge in [0.2, 0.25) is 0 Å². The van der Waals surface area contributed by atoms with Gasteiger partial charge < -0.3 is 14.4 Å². The molecule has 1 aromatic heterocycles. The van der Waals surface area contributed by atoms with Gasteiger partial charge >= 0.3 is 6.36 Å². The van der Waals surface area contributed by atoms with Crippen LogP contribution in [0.4, 0.5) is 13.2 Å². The number of hydrogen-bond acceptors (Lipinski definition) is 5. The normalized spacial score (nSPS) is 16.9. The Kier molecular flexibility index (Phi) is 7.02. The molecule has 0 saturated carbocycles. The number of thiophene rings is 1. The second-order valence-corrected chi connectivity index (χ2v) is 7.65. The Morgan fingerprint density at radius 1 is 1.10 bits per heavy atom. The van der Waals surface area contributed by atoms with Gasteiger partial charge in [-0.05, 0) is 60.0 Å². The summed E-state index contributed by atoms with van der Waals surface area (Å²) < 4.78 is 46.1. The minimum atomic E-state index is -4.74. The number of hydrogen-bond donors (Lipinski definition) is 0. The van der Waals surface area contributed by atoms with Crippen molar-refractivity contribution >= 4 is 17.2 Å². The molecule has 2 heterocycles. The van der Waals surface area contributed by atoms with Gasteiger partial charge in [-0.1, -0.05) is 0 Å². The van der Waals surface area contributed by atoms with Gasteiger partial charge in [0.15, 0.2) is 6.10 Å². The first-order valence-electron chi connectivity index (χ1n) is 9.35. The molecule has 158 valence electrons. The lowest BCUT2D eigenvalue weighted by molar-refractivity contribution is -0.274. The zero-order valence-corrected chi connectivity index (χ0v) is 16.8. The summed E-state index contributed by atoms with van der Waals surface area (Å²) in [6.07, 6.45) is -4.59. The van der Waals surface area contributed by atoms with Crippen LogP contribution in [0.25, 0.3) is 0 Å². The Labute approximate surface area is 171 Å². The van der Waals surface area contributed by atoms with Gasteiger partial charge in [0.05, 0.1) is 0 Å². The molecule has 1 aromatic carbocycles. The molecule has 0 radical (unpaired) electrons. The van der Waals surface area contributed by atoms with Crippen LogP contribution >= 0.6 is 11.3 Å². The molecule has 1 fully saturated rings. The summed E-state index contributed by atoms with van der Waals surface area (Å²) in [6, 6.07) is 7.15.